The summed E-state index contributed by atoms with van der Waals surface area (Å²) >= 11 is 0. The van der Waals surface area contributed by atoms with Crippen molar-refractivity contribution in [2.75, 3.05) is 10.6 Å². The van der Waals surface area contributed by atoms with Gasteiger partial charge >= 0.3 is 0 Å². The molecule has 0 aliphatic carbocycles. The third kappa shape index (κ3) is 4.59. The molecule has 0 aliphatic heterocycles. The van der Waals surface area contributed by atoms with Crippen LogP contribution >= 0.6 is 0 Å². The Kier molecular flexibility index (Phi) is 5.79. The number of ketones is 1. The van der Waals surface area contributed by atoms with Crippen LogP contribution in [0.25, 0.3) is 0 Å². The Balaban J connectivity index is 1.71. The van der Waals surface area contributed by atoms with Crippen molar-refractivity contribution in [3.05, 3.63) is 77.5 Å². The molecule has 28 heavy (non-hydrogen) atoms. The zero-order chi connectivity index (χ0) is 20.1. The molecule has 0 atom stereocenters. The highest BCUT2D eigenvalue weighted by Crippen LogP contribution is 2.26. The van der Waals surface area contributed by atoms with Crippen molar-refractivity contribution < 1.29 is 9.59 Å². The highest BCUT2D eigenvalue weighted by atomic mass is 16.2. The Morgan fingerprint density at radius 1 is 0.929 bits per heavy atom. The summed E-state index contributed by atoms with van der Waals surface area (Å²) in [5, 5.41) is 14.1. The molecule has 1 heterocycles. The number of hydrogen-bond acceptors (Lipinski definition) is 5. The van der Waals surface area contributed by atoms with E-state index in [9.17, 15) is 9.59 Å². The van der Waals surface area contributed by atoms with E-state index in [0.717, 1.165) is 5.69 Å². The Morgan fingerprint density at radius 2 is 1.71 bits per heavy atom. The molecule has 6 heteroatoms. The number of anilines is 3. The number of aromatic nitrogens is 2. The lowest BCUT2D eigenvalue weighted by atomic mass is 10.0. The van der Waals surface area contributed by atoms with E-state index in [-0.39, 0.29) is 17.4 Å². The van der Waals surface area contributed by atoms with Crippen LogP contribution in [0.4, 0.5) is 17.2 Å². The first-order valence-corrected chi connectivity index (χ1v) is 9.06. The Bertz CT molecular complexity index is 997. The maximum Gasteiger partial charge on any atom is 0.276 e. The first kappa shape index (κ1) is 19.2. The second kappa shape index (κ2) is 8.43. The lowest BCUT2D eigenvalue weighted by Crippen LogP contribution is -2.15. The van der Waals surface area contributed by atoms with Crippen molar-refractivity contribution >= 4 is 28.9 Å². The van der Waals surface area contributed by atoms with Gasteiger partial charge in [-0.15, -0.1) is 10.2 Å². The van der Waals surface area contributed by atoms with Gasteiger partial charge in [-0.25, -0.2) is 0 Å². The molecule has 0 bridgehead atoms. The number of nitrogens with one attached hydrogen (secondary N) is 2. The molecule has 0 radical (unpaired) electrons. The molecule has 0 spiro atoms. The van der Waals surface area contributed by atoms with Crippen molar-refractivity contribution in [3.8, 4) is 0 Å². The minimum Gasteiger partial charge on any atom is -0.338 e. The van der Waals surface area contributed by atoms with E-state index in [1.807, 2.05) is 18.2 Å². The minimum absolute atomic E-state index is 0.0620. The minimum atomic E-state index is -0.387. The first-order valence-electron chi connectivity index (χ1n) is 9.06. The van der Waals surface area contributed by atoms with E-state index >= 15 is 0 Å². The molecule has 142 valence electrons. The van der Waals surface area contributed by atoms with E-state index in [0.29, 0.717) is 23.0 Å². The van der Waals surface area contributed by atoms with Gasteiger partial charge in [0.1, 0.15) is 0 Å². The van der Waals surface area contributed by atoms with Crippen molar-refractivity contribution in [2.45, 2.75) is 26.7 Å². The molecule has 0 aliphatic rings. The van der Waals surface area contributed by atoms with Crippen molar-refractivity contribution in [3.63, 3.8) is 0 Å². The van der Waals surface area contributed by atoms with E-state index in [2.05, 4.69) is 40.7 Å². The first-order chi connectivity index (χ1) is 13.4. The number of benzene rings is 2. The third-order valence-corrected chi connectivity index (χ3v) is 4.27. The molecule has 2 aromatic carbocycles. The topological polar surface area (TPSA) is 84.0 Å². The fourth-order valence-electron chi connectivity index (χ4n) is 2.78. The van der Waals surface area contributed by atoms with Gasteiger partial charge in [-0.1, -0.05) is 44.2 Å². The molecular formula is C22H22N4O2. The van der Waals surface area contributed by atoms with Gasteiger partial charge in [-0.3, -0.25) is 9.59 Å². The molecule has 3 rings (SSSR count). The molecule has 6 nitrogen and oxygen atoms in total. The van der Waals surface area contributed by atoms with Crippen LogP contribution in [0.2, 0.25) is 0 Å². The maximum absolute atomic E-state index is 12.4. The van der Waals surface area contributed by atoms with Gasteiger partial charge in [0.25, 0.3) is 5.91 Å². The molecule has 0 saturated carbocycles. The van der Waals surface area contributed by atoms with Crippen LogP contribution in [0.3, 0.4) is 0 Å². The summed E-state index contributed by atoms with van der Waals surface area (Å²) in [5.74, 6) is 0.478. The number of carbonyl (C=O) groups is 2. The summed E-state index contributed by atoms with van der Waals surface area (Å²) in [6.07, 6.45) is 0. The number of para-hydroxylation sites is 1. The van der Waals surface area contributed by atoms with Gasteiger partial charge in [0.2, 0.25) is 0 Å². The van der Waals surface area contributed by atoms with Crippen molar-refractivity contribution in [1.29, 1.82) is 0 Å². The molecule has 0 saturated heterocycles. The highest BCUT2D eigenvalue weighted by molar-refractivity contribution is 6.03. The highest BCUT2D eigenvalue weighted by Gasteiger charge is 2.11. The van der Waals surface area contributed by atoms with Crippen LogP contribution in [-0.4, -0.2) is 21.9 Å². The van der Waals surface area contributed by atoms with Crippen LogP contribution in [0.5, 0.6) is 0 Å². The summed E-state index contributed by atoms with van der Waals surface area (Å²) in [4.78, 5) is 23.9. The Morgan fingerprint density at radius 3 is 2.39 bits per heavy atom. The number of rotatable bonds is 6. The van der Waals surface area contributed by atoms with Gasteiger partial charge in [0.05, 0.1) is 0 Å². The van der Waals surface area contributed by atoms with Gasteiger partial charge in [0, 0.05) is 16.9 Å². The number of carbonyl (C=O) groups excluding carboxylic acids is 2. The zero-order valence-electron chi connectivity index (χ0n) is 16.1. The SMILES string of the molecule is CC(=O)c1cccc(NC(=O)c2ccc(Nc3ccccc3C(C)C)nn2)c1. The molecule has 2 N–H and O–H groups in total. The molecule has 0 unspecified atom stereocenters. The van der Waals surface area contributed by atoms with Gasteiger partial charge in [-0.05, 0) is 48.7 Å². The van der Waals surface area contributed by atoms with Crippen molar-refractivity contribution in [1.82, 2.24) is 10.2 Å². The zero-order valence-corrected chi connectivity index (χ0v) is 16.1. The van der Waals surface area contributed by atoms with Crippen LogP contribution < -0.4 is 10.6 Å². The predicted octanol–water partition coefficient (Wildman–Crippen LogP) is 4.80. The molecule has 1 aromatic heterocycles. The second-order valence-corrected chi connectivity index (χ2v) is 6.76. The normalized spacial score (nSPS) is 10.6. The monoisotopic (exact) mass is 374 g/mol. The average Bonchev–Trinajstić information content (AvgIpc) is 2.69. The largest absolute Gasteiger partial charge is 0.338 e. The standard InChI is InChI=1S/C22H22N4O2/c1-14(2)18-9-4-5-10-19(18)24-21-12-11-20(25-26-21)22(28)23-17-8-6-7-16(13-17)15(3)27/h4-14H,1-3H3,(H,23,28)(H,24,26). The summed E-state index contributed by atoms with van der Waals surface area (Å²) in [7, 11) is 0. The number of hydrogen-bond donors (Lipinski definition) is 2. The van der Waals surface area contributed by atoms with Gasteiger partial charge in [0.15, 0.2) is 17.3 Å². The lowest BCUT2D eigenvalue weighted by molar-refractivity contribution is 0.100. The van der Waals surface area contributed by atoms with Crippen molar-refractivity contribution in [2.24, 2.45) is 0 Å². The summed E-state index contributed by atoms with van der Waals surface area (Å²) in [6, 6.07) is 18.1. The van der Waals surface area contributed by atoms with E-state index < -0.39 is 0 Å². The fraction of sp³-hybridized carbons (Fsp3) is 0.182. The van der Waals surface area contributed by atoms with E-state index in [1.165, 1.54) is 12.5 Å². The Hall–Kier alpha value is -3.54. The quantitative estimate of drug-likeness (QED) is 0.606. The van der Waals surface area contributed by atoms with Crippen LogP contribution in [0.15, 0.2) is 60.7 Å². The lowest BCUT2D eigenvalue weighted by Gasteiger charge is -2.13. The maximum atomic E-state index is 12.4. The Labute approximate surface area is 164 Å². The summed E-state index contributed by atoms with van der Waals surface area (Å²) in [6.45, 7) is 5.73. The van der Waals surface area contributed by atoms with Gasteiger partial charge in [-0.2, -0.15) is 0 Å². The smallest absolute Gasteiger partial charge is 0.276 e. The molecule has 3 aromatic rings. The molecule has 1 amide bonds. The van der Waals surface area contributed by atoms with Crippen LogP contribution in [0.1, 0.15) is 53.1 Å². The third-order valence-electron chi connectivity index (χ3n) is 4.27. The summed E-state index contributed by atoms with van der Waals surface area (Å²) in [5.41, 5.74) is 3.40. The average molecular weight is 374 g/mol. The van der Waals surface area contributed by atoms with Gasteiger partial charge < -0.3 is 10.6 Å². The number of amides is 1. The fourth-order valence-corrected chi connectivity index (χ4v) is 2.78. The molecule has 0 fully saturated rings. The summed E-state index contributed by atoms with van der Waals surface area (Å²) < 4.78 is 0. The predicted molar refractivity (Wildman–Crippen MR) is 110 cm³/mol. The van der Waals surface area contributed by atoms with E-state index in [1.54, 1.807) is 36.4 Å². The number of Topliss-reactive ketones (excluding diaryl/α,β-unsaturated/α-hetero) is 1. The van der Waals surface area contributed by atoms with Crippen LogP contribution in [-0.2, 0) is 0 Å². The second-order valence-electron chi connectivity index (χ2n) is 6.76. The van der Waals surface area contributed by atoms with Crippen LogP contribution in [0, 0.1) is 0 Å². The van der Waals surface area contributed by atoms with E-state index in [4.69, 9.17) is 0 Å². The number of nitrogens with zero attached hydrogens (tertiary/aromatic N) is 2. The molecular weight excluding hydrogens is 352 g/mol.